The van der Waals surface area contributed by atoms with Gasteiger partial charge in [-0.3, -0.25) is 0 Å². The van der Waals surface area contributed by atoms with Gasteiger partial charge in [0, 0.05) is 10.8 Å². The zero-order valence-corrected chi connectivity index (χ0v) is 15.4. The van der Waals surface area contributed by atoms with Crippen molar-refractivity contribution in [2.75, 3.05) is 13.2 Å². The molecule has 0 fully saturated rings. The van der Waals surface area contributed by atoms with Crippen LogP contribution in [0.2, 0.25) is 0 Å². The maximum absolute atomic E-state index is 10.1. The molecule has 0 heterocycles. The Morgan fingerprint density at radius 1 is 0.500 bits per heavy atom. The SMILES string of the molecule is CC(CO)(c1ccccc1)c1ccc(C(C)(CO)c2ccccc2)cc1. The molecule has 0 aliphatic carbocycles. The number of hydrogen-bond donors (Lipinski definition) is 2. The fourth-order valence-electron chi connectivity index (χ4n) is 3.52. The highest BCUT2D eigenvalue weighted by Gasteiger charge is 2.31. The van der Waals surface area contributed by atoms with Crippen molar-refractivity contribution in [3.8, 4) is 0 Å². The topological polar surface area (TPSA) is 40.5 Å². The maximum Gasteiger partial charge on any atom is 0.0566 e. The molecule has 0 amide bonds. The van der Waals surface area contributed by atoms with Crippen molar-refractivity contribution in [2.24, 2.45) is 0 Å². The molecule has 0 saturated carbocycles. The van der Waals surface area contributed by atoms with E-state index in [2.05, 4.69) is 38.1 Å². The molecule has 3 aromatic carbocycles. The Morgan fingerprint density at radius 3 is 1.04 bits per heavy atom. The molecule has 3 aromatic rings. The molecule has 2 N–H and O–H groups in total. The molecule has 0 saturated heterocycles. The van der Waals surface area contributed by atoms with Gasteiger partial charge in [-0.25, -0.2) is 0 Å². The zero-order valence-electron chi connectivity index (χ0n) is 15.4. The van der Waals surface area contributed by atoms with Crippen LogP contribution < -0.4 is 0 Å². The van der Waals surface area contributed by atoms with Crippen molar-refractivity contribution in [3.05, 3.63) is 107 Å². The van der Waals surface area contributed by atoms with Gasteiger partial charge in [0.2, 0.25) is 0 Å². The lowest BCUT2D eigenvalue weighted by Gasteiger charge is -2.32. The zero-order chi connectivity index (χ0) is 18.6. The fraction of sp³-hybridized carbons (Fsp3) is 0.250. The smallest absolute Gasteiger partial charge is 0.0566 e. The molecule has 3 rings (SSSR count). The highest BCUT2D eigenvalue weighted by molar-refractivity contribution is 5.44. The average molecular weight is 346 g/mol. The normalized spacial score (nSPS) is 15.8. The monoisotopic (exact) mass is 346 g/mol. The van der Waals surface area contributed by atoms with Gasteiger partial charge in [-0.1, -0.05) is 84.9 Å². The van der Waals surface area contributed by atoms with Crippen molar-refractivity contribution in [1.82, 2.24) is 0 Å². The van der Waals surface area contributed by atoms with E-state index in [9.17, 15) is 10.2 Å². The number of benzene rings is 3. The summed E-state index contributed by atoms with van der Waals surface area (Å²) in [7, 11) is 0. The van der Waals surface area contributed by atoms with E-state index in [0.717, 1.165) is 22.3 Å². The van der Waals surface area contributed by atoms with Crippen LogP contribution in [0.4, 0.5) is 0 Å². The first-order valence-electron chi connectivity index (χ1n) is 8.98. The minimum atomic E-state index is -0.456. The summed E-state index contributed by atoms with van der Waals surface area (Å²) < 4.78 is 0. The van der Waals surface area contributed by atoms with Crippen LogP contribution in [0.15, 0.2) is 84.9 Å². The van der Waals surface area contributed by atoms with E-state index >= 15 is 0 Å². The molecule has 0 bridgehead atoms. The second-order valence-electron chi connectivity index (χ2n) is 7.29. The highest BCUT2D eigenvalue weighted by Crippen LogP contribution is 2.35. The van der Waals surface area contributed by atoms with Crippen LogP contribution in [0.25, 0.3) is 0 Å². The first-order valence-corrected chi connectivity index (χ1v) is 8.98. The van der Waals surface area contributed by atoms with Crippen molar-refractivity contribution in [3.63, 3.8) is 0 Å². The van der Waals surface area contributed by atoms with Crippen molar-refractivity contribution in [1.29, 1.82) is 0 Å². The Hall–Kier alpha value is -2.42. The lowest BCUT2D eigenvalue weighted by Crippen LogP contribution is -2.30. The van der Waals surface area contributed by atoms with Crippen LogP contribution in [0.1, 0.15) is 36.1 Å². The third kappa shape index (κ3) is 3.18. The summed E-state index contributed by atoms with van der Waals surface area (Å²) in [6.07, 6.45) is 0. The van der Waals surface area contributed by atoms with Crippen LogP contribution in [0.5, 0.6) is 0 Å². The molecular formula is C24H26O2. The van der Waals surface area contributed by atoms with E-state index in [4.69, 9.17) is 0 Å². The van der Waals surface area contributed by atoms with Crippen molar-refractivity contribution in [2.45, 2.75) is 24.7 Å². The molecule has 0 aliphatic heterocycles. The first-order chi connectivity index (χ1) is 12.5. The minimum Gasteiger partial charge on any atom is -0.395 e. The third-order valence-corrected chi connectivity index (χ3v) is 5.61. The largest absolute Gasteiger partial charge is 0.395 e. The number of aliphatic hydroxyl groups is 2. The molecule has 134 valence electrons. The van der Waals surface area contributed by atoms with Gasteiger partial charge in [-0.15, -0.1) is 0 Å². The molecule has 2 nitrogen and oxygen atoms in total. The van der Waals surface area contributed by atoms with Crippen LogP contribution in [0.3, 0.4) is 0 Å². The Labute approximate surface area is 155 Å². The van der Waals surface area contributed by atoms with Crippen LogP contribution in [0, 0.1) is 0 Å². The molecule has 0 spiro atoms. The molecule has 2 heteroatoms. The number of rotatable bonds is 6. The van der Waals surface area contributed by atoms with Gasteiger partial charge in [0.15, 0.2) is 0 Å². The van der Waals surface area contributed by atoms with E-state index in [0.29, 0.717) is 0 Å². The predicted octanol–water partition coefficient (Wildman–Crippen LogP) is 4.28. The van der Waals surface area contributed by atoms with Crippen LogP contribution >= 0.6 is 0 Å². The van der Waals surface area contributed by atoms with E-state index in [1.807, 2.05) is 60.7 Å². The molecule has 2 unspecified atom stereocenters. The third-order valence-electron chi connectivity index (χ3n) is 5.61. The van der Waals surface area contributed by atoms with E-state index in [1.165, 1.54) is 0 Å². The Bertz CT molecular complexity index is 755. The van der Waals surface area contributed by atoms with Gasteiger partial charge < -0.3 is 10.2 Å². The molecule has 0 aromatic heterocycles. The Balaban J connectivity index is 2.00. The van der Waals surface area contributed by atoms with Gasteiger partial charge in [-0.05, 0) is 36.1 Å². The fourth-order valence-corrected chi connectivity index (χ4v) is 3.52. The highest BCUT2D eigenvalue weighted by atomic mass is 16.3. The van der Waals surface area contributed by atoms with Crippen molar-refractivity contribution >= 4 is 0 Å². The molecule has 0 aliphatic rings. The van der Waals surface area contributed by atoms with Gasteiger partial charge in [0.25, 0.3) is 0 Å². The first kappa shape index (κ1) is 18.4. The molecule has 0 radical (unpaired) electrons. The molecule has 26 heavy (non-hydrogen) atoms. The summed E-state index contributed by atoms with van der Waals surface area (Å²) in [6, 6.07) is 28.4. The quantitative estimate of drug-likeness (QED) is 0.699. The Morgan fingerprint density at radius 2 is 0.769 bits per heavy atom. The summed E-state index contributed by atoms with van der Waals surface area (Å²) in [5.74, 6) is 0. The average Bonchev–Trinajstić information content (AvgIpc) is 2.74. The summed E-state index contributed by atoms with van der Waals surface area (Å²) >= 11 is 0. The second-order valence-corrected chi connectivity index (χ2v) is 7.29. The van der Waals surface area contributed by atoms with Crippen molar-refractivity contribution < 1.29 is 10.2 Å². The predicted molar refractivity (Wildman–Crippen MR) is 106 cm³/mol. The van der Waals surface area contributed by atoms with E-state index in [-0.39, 0.29) is 13.2 Å². The second kappa shape index (κ2) is 7.45. The summed E-state index contributed by atoms with van der Waals surface area (Å²) in [5.41, 5.74) is 3.38. The molecular weight excluding hydrogens is 320 g/mol. The summed E-state index contributed by atoms with van der Waals surface area (Å²) in [5, 5.41) is 20.2. The van der Waals surface area contributed by atoms with Gasteiger partial charge in [-0.2, -0.15) is 0 Å². The summed E-state index contributed by atoms with van der Waals surface area (Å²) in [6.45, 7) is 4.18. The lowest BCUT2D eigenvalue weighted by atomic mass is 9.73. The van der Waals surface area contributed by atoms with Crippen LogP contribution in [-0.2, 0) is 10.8 Å². The van der Waals surface area contributed by atoms with Gasteiger partial charge >= 0.3 is 0 Å². The number of aliphatic hydroxyl groups excluding tert-OH is 2. The minimum absolute atomic E-state index is 0.0340. The standard InChI is InChI=1S/C24H26O2/c1-23(17-25,19-9-5-3-6-10-19)21-13-15-22(16-14-21)24(2,18-26)20-11-7-4-8-12-20/h3-16,25-26H,17-18H2,1-2H3. The molecule has 2 atom stereocenters. The van der Waals surface area contributed by atoms with E-state index in [1.54, 1.807) is 0 Å². The lowest BCUT2D eigenvalue weighted by molar-refractivity contribution is 0.229. The Kier molecular flexibility index (Phi) is 5.26. The van der Waals surface area contributed by atoms with Crippen LogP contribution in [-0.4, -0.2) is 23.4 Å². The summed E-state index contributed by atoms with van der Waals surface area (Å²) in [4.78, 5) is 0. The maximum atomic E-state index is 10.1. The van der Waals surface area contributed by atoms with Gasteiger partial charge in [0.1, 0.15) is 0 Å². The number of hydrogen-bond acceptors (Lipinski definition) is 2. The van der Waals surface area contributed by atoms with E-state index < -0.39 is 10.8 Å². The van der Waals surface area contributed by atoms with Gasteiger partial charge in [0.05, 0.1) is 13.2 Å².